The van der Waals surface area contributed by atoms with Gasteiger partial charge in [-0.1, -0.05) is 13.8 Å². The van der Waals surface area contributed by atoms with E-state index in [4.69, 9.17) is 10.5 Å². The fraction of sp³-hybridized carbons (Fsp3) is 0.333. The average molecular weight is 266 g/mol. The third kappa shape index (κ3) is 3.77. The molecule has 1 rings (SSSR count). The van der Waals surface area contributed by atoms with Crippen molar-refractivity contribution >= 4 is 17.4 Å². The standard InChI is InChI=1S/C12H14N2O5/c1-7(2)12(16)8-3-4-10(19-6-11(13)15)9(5-8)14(17)18/h3-5,7H,6H2,1-2H3,(H2,13,15). The monoisotopic (exact) mass is 266 g/mol. The van der Waals surface area contributed by atoms with Crippen molar-refractivity contribution in [2.24, 2.45) is 11.7 Å². The second kappa shape index (κ2) is 5.94. The minimum Gasteiger partial charge on any atom is -0.477 e. The van der Waals surface area contributed by atoms with Gasteiger partial charge < -0.3 is 10.5 Å². The zero-order valence-electron chi connectivity index (χ0n) is 10.6. The van der Waals surface area contributed by atoms with Gasteiger partial charge in [0, 0.05) is 17.5 Å². The highest BCUT2D eigenvalue weighted by atomic mass is 16.6. The molecule has 7 nitrogen and oxygen atoms in total. The van der Waals surface area contributed by atoms with E-state index in [-0.39, 0.29) is 28.7 Å². The normalized spacial score (nSPS) is 10.3. The Kier molecular flexibility index (Phi) is 4.57. The summed E-state index contributed by atoms with van der Waals surface area (Å²) >= 11 is 0. The lowest BCUT2D eigenvalue weighted by atomic mass is 10.0. The van der Waals surface area contributed by atoms with Gasteiger partial charge in [-0.05, 0) is 12.1 Å². The van der Waals surface area contributed by atoms with Crippen LogP contribution in [-0.4, -0.2) is 23.2 Å². The summed E-state index contributed by atoms with van der Waals surface area (Å²) in [5, 5.41) is 10.9. The lowest BCUT2D eigenvalue weighted by Crippen LogP contribution is -2.20. The molecule has 1 aromatic rings. The van der Waals surface area contributed by atoms with E-state index in [9.17, 15) is 19.7 Å². The van der Waals surface area contributed by atoms with Gasteiger partial charge in [0.25, 0.3) is 5.91 Å². The van der Waals surface area contributed by atoms with Gasteiger partial charge in [-0.25, -0.2) is 0 Å². The van der Waals surface area contributed by atoms with Crippen LogP contribution in [0.25, 0.3) is 0 Å². The highest BCUT2D eigenvalue weighted by Gasteiger charge is 2.20. The number of Topliss-reactive ketones (excluding diaryl/α,β-unsaturated/α-hetero) is 1. The molecule has 0 saturated carbocycles. The smallest absolute Gasteiger partial charge is 0.311 e. The summed E-state index contributed by atoms with van der Waals surface area (Å²) in [5.74, 6) is -1.30. The SMILES string of the molecule is CC(C)C(=O)c1ccc(OCC(N)=O)c([N+](=O)[O-])c1. The third-order valence-corrected chi connectivity index (χ3v) is 2.33. The lowest BCUT2D eigenvalue weighted by molar-refractivity contribution is -0.385. The van der Waals surface area contributed by atoms with Gasteiger partial charge in [-0.15, -0.1) is 0 Å². The zero-order valence-corrected chi connectivity index (χ0v) is 10.6. The first-order valence-corrected chi connectivity index (χ1v) is 5.56. The van der Waals surface area contributed by atoms with Gasteiger partial charge in [0.2, 0.25) is 0 Å². The minimum atomic E-state index is -0.739. The number of nitrogens with zero attached hydrogens (tertiary/aromatic N) is 1. The molecule has 0 aliphatic carbocycles. The van der Waals surface area contributed by atoms with E-state index in [0.29, 0.717) is 0 Å². The number of hydrogen-bond acceptors (Lipinski definition) is 5. The topological polar surface area (TPSA) is 113 Å². The summed E-state index contributed by atoms with van der Waals surface area (Å²) in [7, 11) is 0. The van der Waals surface area contributed by atoms with E-state index >= 15 is 0 Å². The molecule has 1 amide bonds. The molecule has 19 heavy (non-hydrogen) atoms. The Morgan fingerprint density at radius 3 is 2.53 bits per heavy atom. The fourth-order valence-electron chi connectivity index (χ4n) is 1.42. The number of benzene rings is 1. The van der Waals surface area contributed by atoms with Crippen molar-refractivity contribution in [3.63, 3.8) is 0 Å². The number of amides is 1. The van der Waals surface area contributed by atoms with Crippen LogP contribution in [0.15, 0.2) is 18.2 Å². The summed E-state index contributed by atoms with van der Waals surface area (Å²) in [6.45, 7) is 2.94. The highest BCUT2D eigenvalue weighted by molar-refractivity contribution is 5.98. The summed E-state index contributed by atoms with van der Waals surface area (Å²) in [4.78, 5) is 32.6. The predicted octanol–water partition coefficient (Wildman–Crippen LogP) is 1.30. The molecule has 0 aromatic heterocycles. The molecular formula is C12H14N2O5. The fourth-order valence-corrected chi connectivity index (χ4v) is 1.42. The van der Waals surface area contributed by atoms with Crippen LogP contribution >= 0.6 is 0 Å². The predicted molar refractivity (Wildman–Crippen MR) is 67.0 cm³/mol. The van der Waals surface area contributed by atoms with Crippen molar-refractivity contribution in [3.05, 3.63) is 33.9 Å². The Bertz CT molecular complexity index is 525. The van der Waals surface area contributed by atoms with Crippen LogP contribution in [0.3, 0.4) is 0 Å². The van der Waals surface area contributed by atoms with E-state index in [2.05, 4.69) is 0 Å². The maximum Gasteiger partial charge on any atom is 0.311 e. The molecule has 0 spiro atoms. The van der Waals surface area contributed by atoms with E-state index in [1.54, 1.807) is 13.8 Å². The average Bonchev–Trinajstić information content (AvgIpc) is 2.34. The number of nitro benzene ring substituents is 1. The Hall–Kier alpha value is -2.44. The number of carbonyl (C=O) groups is 2. The molecule has 0 fully saturated rings. The molecule has 0 atom stereocenters. The van der Waals surface area contributed by atoms with E-state index in [0.717, 1.165) is 6.07 Å². The van der Waals surface area contributed by atoms with Crippen molar-refractivity contribution in [1.29, 1.82) is 0 Å². The van der Waals surface area contributed by atoms with Crippen molar-refractivity contribution < 1.29 is 19.2 Å². The molecule has 102 valence electrons. The Morgan fingerprint density at radius 2 is 2.05 bits per heavy atom. The molecule has 0 saturated heterocycles. The van der Waals surface area contributed by atoms with Gasteiger partial charge in [-0.3, -0.25) is 19.7 Å². The molecule has 0 unspecified atom stereocenters. The number of carbonyl (C=O) groups excluding carboxylic acids is 2. The number of primary amides is 1. The van der Waals surface area contributed by atoms with Crippen molar-refractivity contribution in [2.75, 3.05) is 6.61 Å². The van der Waals surface area contributed by atoms with Gasteiger partial charge in [0.1, 0.15) is 0 Å². The van der Waals surface area contributed by atoms with Crippen molar-refractivity contribution in [2.45, 2.75) is 13.8 Å². The molecule has 0 heterocycles. The Morgan fingerprint density at radius 1 is 1.42 bits per heavy atom. The van der Waals surface area contributed by atoms with Crippen molar-refractivity contribution in [1.82, 2.24) is 0 Å². The molecular weight excluding hydrogens is 252 g/mol. The Balaban J connectivity index is 3.11. The quantitative estimate of drug-likeness (QED) is 0.473. The van der Waals surface area contributed by atoms with Crippen LogP contribution in [0.2, 0.25) is 0 Å². The van der Waals surface area contributed by atoms with Gasteiger partial charge >= 0.3 is 5.69 Å². The lowest BCUT2D eigenvalue weighted by Gasteiger charge is -2.07. The van der Waals surface area contributed by atoms with Gasteiger partial charge in [-0.2, -0.15) is 0 Å². The maximum absolute atomic E-state index is 11.8. The second-order valence-electron chi connectivity index (χ2n) is 4.21. The number of nitro groups is 1. The van der Waals surface area contributed by atoms with Crippen LogP contribution in [0.5, 0.6) is 5.75 Å². The van der Waals surface area contributed by atoms with Crippen LogP contribution in [0.1, 0.15) is 24.2 Å². The summed E-state index contributed by atoms with van der Waals surface area (Å²) < 4.78 is 4.93. The Labute approximate surface area is 109 Å². The number of ether oxygens (including phenoxy) is 1. The molecule has 0 aliphatic rings. The first kappa shape index (κ1) is 14.6. The van der Waals surface area contributed by atoms with E-state index < -0.39 is 17.4 Å². The first-order chi connectivity index (χ1) is 8.82. The molecule has 1 aromatic carbocycles. The van der Waals surface area contributed by atoms with Crippen LogP contribution in [0, 0.1) is 16.0 Å². The number of ketones is 1. The number of hydrogen-bond donors (Lipinski definition) is 1. The summed E-state index contributed by atoms with van der Waals surface area (Å²) in [6.07, 6.45) is 0. The molecule has 0 aliphatic heterocycles. The van der Waals surface area contributed by atoms with Crippen LogP contribution in [0.4, 0.5) is 5.69 Å². The maximum atomic E-state index is 11.8. The van der Waals surface area contributed by atoms with Gasteiger partial charge in [0.15, 0.2) is 18.1 Å². The summed E-state index contributed by atoms with van der Waals surface area (Å²) in [5.41, 5.74) is 4.76. The first-order valence-electron chi connectivity index (χ1n) is 5.56. The molecule has 2 N–H and O–H groups in total. The van der Waals surface area contributed by atoms with Crippen molar-refractivity contribution in [3.8, 4) is 5.75 Å². The third-order valence-electron chi connectivity index (χ3n) is 2.33. The largest absolute Gasteiger partial charge is 0.477 e. The van der Waals surface area contributed by atoms with E-state index in [1.807, 2.05) is 0 Å². The molecule has 0 radical (unpaired) electrons. The number of nitrogens with two attached hydrogens (primary N) is 1. The summed E-state index contributed by atoms with van der Waals surface area (Å²) in [6, 6.07) is 3.85. The van der Waals surface area contributed by atoms with Crippen LogP contribution in [-0.2, 0) is 4.79 Å². The number of rotatable bonds is 6. The minimum absolute atomic E-state index is 0.0934. The van der Waals surface area contributed by atoms with Gasteiger partial charge in [0.05, 0.1) is 4.92 Å². The molecule has 7 heteroatoms. The van der Waals surface area contributed by atoms with Crippen LogP contribution < -0.4 is 10.5 Å². The highest BCUT2D eigenvalue weighted by Crippen LogP contribution is 2.28. The zero-order chi connectivity index (χ0) is 14.6. The van der Waals surface area contributed by atoms with E-state index in [1.165, 1.54) is 12.1 Å². The second-order valence-corrected chi connectivity index (χ2v) is 4.21. The molecule has 0 bridgehead atoms.